The van der Waals surface area contributed by atoms with Gasteiger partial charge in [-0.15, -0.1) is 12.4 Å². The maximum atomic E-state index is 3.34. The van der Waals surface area contributed by atoms with Crippen molar-refractivity contribution in [1.29, 1.82) is 0 Å². The van der Waals surface area contributed by atoms with Crippen molar-refractivity contribution in [2.45, 2.75) is 157 Å². The molecule has 0 aliphatic carbocycles. The maximum Gasteiger partial charge on any atom is -0.00490 e. The van der Waals surface area contributed by atoms with Crippen LogP contribution in [0.4, 0.5) is 0 Å². The summed E-state index contributed by atoms with van der Waals surface area (Å²) >= 11 is 0. The molecule has 176 valence electrons. The molecule has 0 aromatic carbocycles. The lowest BCUT2D eigenvalue weighted by Gasteiger charge is -2.00. The van der Waals surface area contributed by atoms with E-state index in [0.29, 0.717) is 0 Å². The van der Waals surface area contributed by atoms with Gasteiger partial charge in [-0.25, -0.2) is 0 Å². The van der Waals surface area contributed by atoms with Crippen LogP contribution in [-0.4, -0.2) is 13.1 Å². The van der Waals surface area contributed by atoms with Crippen molar-refractivity contribution in [1.82, 2.24) is 5.32 Å². The standard InChI is InChI=1S/C10H23N.2C8H18.ClH/c1-3-5-6-7-8-9-10-11-4-2;2*1-3-5-7-8-6-4-2;/h11H,3-10H2,1-2H3;2*3-8H2,1-2H3;1H. The number of hydrogen-bond donors (Lipinski definition) is 1. The highest BCUT2D eigenvalue weighted by atomic mass is 35.5. The third-order valence-corrected chi connectivity index (χ3v) is 4.87. The summed E-state index contributed by atoms with van der Waals surface area (Å²) in [6, 6.07) is 0. The molecule has 0 heterocycles. The Balaban J connectivity index is -0.000000155. The molecule has 0 radical (unpaired) electrons. The van der Waals surface area contributed by atoms with Gasteiger partial charge in [0.25, 0.3) is 0 Å². The van der Waals surface area contributed by atoms with Crippen molar-refractivity contribution >= 4 is 12.4 Å². The first-order valence-corrected chi connectivity index (χ1v) is 12.9. The van der Waals surface area contributed by atoms with Crippen molar-refractivity contribution < 1.29 is 0 Å². The van der Waals surface area contributed by atoms with Crippen molar-refractivity contribution in [3.63, 3.8) is 0 Å². The minimum absolute atomic E-state index is 0. The van der Waals surface area contributed by atoms with Crippen LogP contribution in [0.2, 0.25) is 0 Å². The summed E-state index contributed by atoms with van der Waals surface area (Å²) in [5, 5.41) is 3.34. The highest BCUT2D eigenvalue weighted by Gasteiger charge is 1.88. The monoisotopic (exact) mass is 421 g/mol. The topological polar surface area (TPSA) is 12.0 Å². The van der Waals surface area contributed by atoms with Crippen molar-refractivity contribution in [3.05, 3.63) is 0 Å². The molecule has 1 nitrogen and oxygen atoms in total. The second-order valence-electron chi connectivity index (χ2n) is 7.95. The molecule has 0 aromatic heterocycles. The molecule has 0 aliphatic rings. The lowest BCUT2D eigenvalue weighted by atomic mass is 10.1. The van der Waals surface area contributed by atoms with Crippen LogP contribution in [0.15, 0.2) is 0 Å². The molecule has 0 unspecified atom stereocenters. The predicted molar refractivity (Wildman–Crippen MR) is 137 cm³/mol. The van der Waals surface area contributed by atoms with E-state index < -0.39 is 0 Å². The maximum absolute atomic E-state index is 3.34. The Bertz CT molecular complexity index is 165. The van der Waals surface area contributed by atoms with Crippen LogP contribution in [0.5, 0.6) is 0 Å². The van der Waals surface area contributed by atoms with Crippen LogP contribution in [0.3, 0.4) is 0 Å². The zero-order valence-electron chi connectivity index (χ0n) is 21.1. The van der Waals surface area contributed by atoms with Crippen molar-refractivity contribution in [3.8, 4) is 0 Å². The van der Waals surface area contributed by atoms with E-state index in [4.69, 9.17) is 0 Å². The molecule has 0 atom stereocenters. The molecule has 1 N–H and O–H groups in total. The predicted octanol–water partition coefficient (Wildman–Crippen LogP) is 10.1. The molecule has 0 bridgehead atoms. The third kappa shape index (κ3) is 50.2. The molecule has 0 fully saturated rings. The number of unbranched alkanes of at least 4 members (excludes halogenated alkanes) is 15. The van der Waals surface area contributed by atoms with E-state index >= 15 is 0 Å². The van der Waals surface area contributed by atoms with E-state index in [1.54, 1.807) is 0 Å². The molecular weight excluding hydrogens is 362 g/mol. The van der Waals surface area contributed by atoms with Crippen LogP contribution in [-0.2, 0) is 0 Å². The quantitative estimate of drug-likeness (QED) is 0.217. The van der Waals surface area contributed by atoms with Gasteiger partial charge >= 0.3 is 0 Å². The van der Waals surface area contributed by atoms with Gasteiger partial charge < -0.3 is 5.32 Å². The molecule has 0 saturated carbocycles. The Morgan fingerprint density at radius 3 is 0.857 bits per heavy atom. The summed E-state index contributed by atoms with van der Waals surface area (Å²) in [5.41, 5.74) is 0. The summed E-state index contributed by atoms with van der Waals surface area (Å²) in [5.74, 6) is 0. The summed E-state index contributed by atoms with van der Waals surface area (Å²) < 4.78 is 0. The van der Waals surface area contributed by atoms with Gasteiger partial charge in [0.2, 0.25) is 0 Å². The van der Waals surface area contributed by atoms with Gasteiger partial charge in [0.05, 0.1) is 0 Å². The largest absolute Gasteiger partial charge is 0.317 e. The van der Waals surface area contributed by atoms with Gasteiger partial charge in [-0.1, -0.05) is 151 Å². The Morgan fingerprint density at radius 2 is 0.607 bits per heavy atom. The summed E-state index contributed by atoms with van der Waals surface area (Å²) in [6.07, 6.45) is 25.4. The summed E-state index contributed by atoms with van der Waals surface area (Å²) in [7, 11) is 0. The molecule has 0 amide bonds. The highest BCUT2D eigenvalue weighted by Crippen LogP contribution is 2.04. The van der Waals surface area contributed by atoms with Gasteiger partial charge in [0.15, 0.2) is 0 Å². The molecule has 0 rings (SSSR count). The Labute approximate surface area is 188 Å². The van der Waals surface area contributed by atoms with Crippen LogP contribution >= 0.6 is 12.4 Å². The lowest BCUT2D eigenvalue weighted by molar-refractivity contribution is 0.580. The SMILES string of the molecule is CCCCCCCC.CCCCCCCC.CCCCCCCCNCC.Cl. The van der Waals surface area contributed by atoms with Gasteiger partial charge in [-0.05, 0) is 19.5 Å². The van der Waals surface area contributed by atoms with Crippen LogP contribution in [0, 0.1) is 0 Å². The van der Waals surface area contributed by atoms with E-state index in [0.717, 1.165) is 6.54 Å². The van der Waals surface area contributed by atoms with E-state index in [2.05, 4.69) is 46.9 Å². The summed E-state index contributed by atoms with van der Waals surface area (Å²) in [4.78, 5) is 0. The number of halogens is 1. The average molecular weight is 422 g/mol. The Morgan fingerprint density at radius 1 is 0.357 bits per heavy atom. The second-order valence-corrected chi connectivity index (χ2v) is 7.95. The number of hydrogen-bond acceptors (Lipinski definition) is 1. The minimum atomic E-state index is 0. The van der Waals surface area contributed by atoms with E-state index in [1.165, 1.54) is 122 Å². The Kier molecular flexibility index (Phi) is 53.0. The van der Waals surface area contributed by atoms with Gasteiger partial charge in [0, 0.05) is 0 Å². The lowest BCUT2D eigenvalue weighted by Crippen LogP contribution is -2.13. The third-order valence-electron chi connectivity index (χ3n) is 4.87. The number of rotatable bonds is 18. The number of nitrogens with one attached hydrogen (secondary N) is 1. The summed E-state index contributed by atoms with van der Waals surface area (Å²) in [6.45, 7) is 15.8. The Hall–Kier alpha value is 0.250. The van der Waals surface area contributed by atoms with Crippen LogP contribution < -0.4 is 5.32 Å². The van der Waals surface area contributed by atoms with Crippen molar-refractivity contribution in [2.24, 2.45) is 0 Å². The molecular formula is C26H60ClN. The van der Waals surface area contributed by atoms with Gasteiger partial charge in [-0.3, -0.25) is 0 Å². The first kappa shape index (κ1) is 35.7. The zero-order valence-corrected chi connectivity index (χ0v) is 21.9. The molecule has 28 heavy (non-hydrogen) atoms. The fraction of sp³-hybridized carbons (Fsp3) is 1.00. The van der Waals surface area contributed by atoms with E-state index in [1.807, 2.05) is 0 Å². The molecule has 0 spiro atoms. The van der Waals surface area contributed by atoms with Crippen LogP contribution in [0.1, 0.15) is 157 Å². The normalized spacial score (nSPS) is 9.64. The van der Waals surface area contributed by atoms with Gasteiger partial charge in [-0.2, -0.15) is 0 Å². The molecule has 0 aliphatic heterocycles. The first-order chi connectivity index (χ1) is 13.2. The van der Waals surface area contributed by atoms with Crippen molar-refractivity contribution in [2.75, 3.05) is 13.1 Å². The molecule has 2 heteroatoms. The molecule has 0 saturated heterocycles. The highest BCUT2D eigenvalue weighted by molar-refractivity contribution is 5.85. The first-order valence-electron chi connectivity index (χ1n) is 12.9. The van der Waals surface area contributed by atoms with E-state index in [-0.39, 0.29) is 12.4 Å². The smallest absolute Gasteiger partial charge is 0.00490 e. The average Bonchev–Trinajstić information content (AvgIpc) is 2.69. The zero-order chi connectivity index (χ0) is 20.8. The fourth-order valence-corrected chi connectivity index (χ4v) is 2.91. The fourth-order valence-electron chi connectivity index (χ4n) is 2.91. The van der Waals surface area contributed by atoms with Crippen LogP contribution in [0.25, 0.3) is 0 Å². The minimum Gasteiger partial charge on any atom is -0.317 e. The second kappa shape index (κ2) is 41.6. The van der Waals surface area contributed by atoms with Gasteiger partial charge in [0.1, 0.15) is 0 Å². The van der Waals surface area contributed by atoms with E-state index in [9.17, 15) is 0 Å². The molecule has 0 aromatic rings.